The van der Waals surface area contributed by atoms with Crippen LogP contribution in [0.5, 0.6) is 0 Å². The minimum atomic E-state index is -4.03. The van der Waals surface area contributed by atoms with Gasteiger partial charge in [0.15, 0.2) is 4.34 Å². The number of nitrogens with one attached hydrogen (secondary N) is 1. The molecule has 15 heteroatoms. The summed E-state index contributed by atoms with van der Waals surface area (Å²) >= 11 is 2.64. The number of fused-ring (bicyclic) bond motifs is 1. The molecule has 0 amide bonds. The Morgan fingerprint density at radius 1 is 0.976 bits per heavy atom. The van der Waals surface area contributed by atoms with Crippen molar-refractivity contribution in [3.63, 3.8) is 0 Å². The van der Waals surface area contributed by atoms with Crippen molar-refractivity contribution in [2.45, 2.75) is 39.8 Å². The van der Waals surface area contributed by atoms with Crippen LogP contribution in [0.3, 0.4) is 0 Å². The van der Waals surface area contributed by atoms with Crippen LogP contribution in [0.4, 0.5) is 17.1 Å². The standard InChI is InChI=1S/C26H24N6O6S3/c33-31(34)19-10-11-21(25(16-19)41(37,38)30-13-5-1-2-6-14-30)29-27-17-18-9-12-24(22(15-18)32(35)36)40-26-28-20-7-3-4-8-23(20)39-26/h3-4,7-12,15-17,29H,1-2,5-6,13-14H2/b27-17-. The predicted octanol–water partition coefficient (Wildman–Crippen LogP) is 6.27. The molecule has 1 aliphatic heterocycles. The van der Waals surface area contributed by atoms with Gasteiger partial charge < -0.3 is 0 Å². The van der Waals surface area contributed by atoms with Crippen molar-refractivity contribution >= 4 is 66.6 Å². The van der Waals surface area contributed by atoms with Crippen LogP contribution in [0.25, 0.3) is 10.2 Å². The van der Waals surface area contributed by atoms with Crippen molar-refractivity contribution in [1.82, 2.24) is 9.29 Å². The normalized spacial score (nSPS) is 14.7. The molecule has 0 bridgehead atoms. The summed E-state index contributed by atoms with van der Waals surface area (Å²) in [5, 5.41) is 27.3. The number of aromatic nitrogens is 1. The average molecular weight is 613 g/mol. The van der Waals surface area contributed by atoms with Gasteiger partial charge in [0, 0.05) is 36.9 Å². The van der Waals surface area contributed by atoms with E-state index in [9.17, 15) is 28.6 Å². The van der Waals surface area contributed by atoms with Crippen molar-refractivity contribution in [3.05, 3.63) is 86.5 Å². The summed E-state index contributed by atoms with van der Waals surface area (Å²) in [5.41, 5.74) is 3.46. The molecular formula is C26H24N6O6S3. The Morgan fingerprint density at radius 2 is 1.73 bits per heavy atom. The number of hydrogen-bond acceptors (Lipinski definition) is 11. The van der Waals surface area contributed by atoms with Gasteiger partial charge in [0.2, 0.25) is 10.0 Å². The zero-order valence-electron chi connectivity index (χ0n) is 21.5. The highest BCUT2D eigenvalue weighted by Gasteiger charge is 2.29. The molecule has 0 aliphatic carbocycles. The van der Waals surface area contributed by atoms with E-state index in [2.05, 4.69) is 15.5 Å². The summed E-state index contributed by atoms with van der Waals surface area (Å²) in [5.74, 6) is 0. The Bertz CT molecular complexity index is 1720. The number of non-ortho nitro benzene ring substituents is 1. The molecule has 0 atom stereocenters. The number of nitrogens with zero attached hydrogens (tertiary/aromatic N) is 5. The number of benzene rings is 3. The van der Waals surface area contributed by atoms with Gasteiger partial charge in [0.05, 0.1) is 36.9 Å². The van der Waals surface area contributed by atoms with E-state index < -0.39 is 19.9 Å². The molecule has 5 rings (SSSR count). The Hall–Kier alpha value is -3.92. The van der Waals surface area contributed by atoms with Gasteiger partial charge in [-0.15, -0.1) is 11.3 Å². The number of rotatable bonds is 9. The Morgan fingerprint density at radius 3 is 2.44 bits per heavy atom. The first-order chi connectivity index (χ1) is 19.7. The number of thiazole rings is 1. The average Bonchev–Trinajstić information content (AvgIpc) is 3.15. The lowest BCUT2D eigenvalue weighted by atomic mass is 10.2. The molecule has 41 heavy (non-hydrogen) atoms. The number of hydrogen-bond donors (Lipinski definition) is 1. The Balaban J connectivity index is 1.39. The minimum absolute atomic E-state index is 0.0635. The maximum atomic E-state index is 13.5. The highest BCUT2D eigenvalue weighted by atomic mass is 32.2. The lowest BCUT2D eigenvalue weighted by Crippen LogP contribution is -2.32. The number of nitro groups is 2. The zero-order valence-corrected chi connectivity index (χ0v) is 24.0. The van der Waals surface area contributed by atoms with E-state index in [4.69, 9.17) is 0 Å². The lowest BCUT2D eigenvalue weighted by Gasteiger charge is -2.21. The number of para-hydroxylation sites is 1. The molecule has 1 aliphatic rings. The van der Waals surface area contributed by atoms with Gasteiger partial charge in [-0.3, -0.25) is 25.7 Å². The third-order valence-corrected chi connectivity index (χ3v) is 10.5. The third-order valence-electron chi connectivity index (χ3n) is 6.41. The Labute approximate surface area is 243 Å². The van der Waals surface area contributed by atoms with Crippen LogP contribution in [0.2, 0.25) is 0 Å². The fourth-order valence-corrected chi connectivity index (χ4v) is 8.15. The molecule has 2 heterocycles. The molecule has 0 saturated carbocycles. The molecule has 1 aromatic heterocycles. The van der Waals surface area contributed by atoms with Crippen molar-refractivity contribution in [1.29, 1.82) is 0 Å². The smallest absolute Gasteiger partial charge is 0.277 e. The van der Waals surface area contributed by atoms with Gasteiger partial charge in [-0.1, -0.05) is 42.8 Å². The second-order valence-electron chi connectivity index (χ2n) is 9.16. The second-order valence-corrected chi connectivity index (χ2v) is 13.4. The van der Waals surface area contributed by atoms with Crippen LogP contribution in [0.1, 0.15) is 31.2 Å². The van der Waals surface area contributed by atoms with Gasteiger partial charge in [-0.2, -0.15) is 9.41 Å². The summed E-state index contributed by atoms with van der Waals surface area (Å²) in [4.78, 5) is 26.8. The van der Waals surface area contributed by atoms with Crippen LogP contribution < -0.4 is 5.43 Å². The molecule has 0 unspecified atom stereocenters. The minimum Gasteiger partial charge on any atom is -0.277 e. The topological polar surface area (TPSA) is 161 Å². The van der Waals surface area contributed by atoms with Crippen LogP contribution in [-0.2, 0) is 10.0 Å². The molecule has 0 spiro atoms. The maximum absolute atomic E-state index is 13.5. The second kappa shape index (κ2) is 12.3. The summed E-state index contributed by atoms with van der Waals surface area (Å²) in [6.45, 7) is 0.664. The van der Waals surface area contributed by atoms with Gasteiger partial charge in [0.25, 0.3) is 11.4 Å². The number of anilines is 1. The summed E-state index contributed by atoms with van der Waals surface area (Å²) in [7, 11) is -4.03. The largest absolute Gasteiger partial charge is 0.283 e. The third kappa shape index (κ3) is 6.53. The van der Waals surface area contributed by atoms with Crippen molar-refractivity contribution in [3.8, 4) is 0 Å². The summed E-state index contributed by atoms with van der Waals surface area (Å²) < 4.78 is 29.9. The molecular weight excluding hydrogens is 589 g/mol. The van der Waals surface area contributed by atoms with Crippen molar-refractivity contribution in [2.75, 3.05) is 18.5 Å². The fraction of sp³-hybridized carbons (Fsp3) is 0.231. The van der Waals surface area contributed by atoms with Crippen LogP contribution >= 0.6 is 23.1 Å². The summed E-state index contributed by atoms with van der Waals surface area (Å²) in [6.07, 6.45) is 4.58. The molecule has 0 radical (unpaired) electrons. The van der Waals surface area contributed by atoms with E-state index in [1.807, 2.05) is 24.3 Å². The Kier molecular flexibility index (Phi) is 8.58. The van der Waals surface area contributed by atoms with E-state index in [1.165, 1.54) is 51.8 Å². The molecule has 4 aromatic rings. The summed E-state index contributed by atoms with van der Waals surface area (Å²) in [6, 6.07) is 15.7. The monoisotopic (exact) mass is 612 g/mol. The molecule has 12 nitrogen and oxygen atoms in total. The fourth-order valence-electron chi connectivity index (χ4n) is 4.36. The number of sulfonamides is 1. The molecule has 1 fully saturated rings. The first kappa shape index (κ1) is 28.6. The quantitative estimate of drug-likeness (QED) is 0.130. The highest BCUT2D eigenvalue weighted by molar-refractivity contribution is 8.01. The first-order valence-corrected chi connectivity index (χ1v) is 15.7. The maximum Gasteiger partial charge on any atom is 0.283 e. The predicted molar refractivity (Wildman–Crippen MR) is 158 cm³/mol. The number of nitro benzene ring substituents is 2. The SMILES string of the molecule is O=[N+]([O-])c1ccc(N/N=C\c2ccc(Sc3nc4ccccc4s3)c([N+](=O)[O-])c2)c(S(=O)(=O)N2CCCCCC2)c1. The van der Waals surface area contributed by atoms with E-state index >= 15 is 0 Å². The van der Waals surface area contributed by atoms with Crippen molar-refractivity contribution in [2.24, 2.45) is 5.10 Å². The first-order valence-electron chi connectivity index (χ1n) is 12.6. The van der Waals surface area contributed by atoms with Crippen LogP contribution in [0.15, 0.2) is 79.9 Å². The molecule has 212 valence electrons. The van der Waals surface area contributed by atoms with Crippen LogP contribution in [0, 0.1) is 20.2 Å². The van der Waals surface area contributed by atoms with Gasteiger partial charge in [-0.25, -0.2) is 13.4 Å². The van der Waals surface area contributed by atoms with Crippen LogP contribution in [-0.4, -0.2) is 46.9 Å². The highest BCUT2D eigenvalue weighted by Crippen LogP contribution is 2.39. The molecule has 3 aromatic carbocycles. The van der Waals surface area contributed by atoms with E-state index in [0.717, 1.165) is 29.1 Å². The molecule has 1 saturated heterocycles. The molecule has 1 N–H and O–H groups in total. The number of hydrazone groups is 1. The van der Waals surface area contributed by atoms with Gasteiger partial charge in [0.1, 0.15) is 4.90 Å². The van der Waals surface area contributed by atoms with Gasteiger partial charge >= 0.3 is 0 Å². The lowest BCUT2D eigenvalue weighted by molar-refractivity contribution is -0.387. The zero-order chi connectivity index (χ0) is 29.0. The van der Waals surface area contributed by atoms with E-state index in [0.29, 0.717) is 40.7 Å². The van der Waals surface area contributed by atoms with Gasteiger partial charge in [-0.05, 0) is 37.1 Å². The van der Waals surface area contributed by atoms with Crippen molar-refractivity contribution < 1.29 is 18.3 Å². The van der Waals surface area contributed by atoms with E-state index in [-0.39, 0.29) is 22.0 Å². The van der Waals surface area contributed by atoms with E-state index in [1.54, 1.807) is 12.1 Å².